The van der Waals surface area contributed by atoms with Crippen molar-refractivity contribution in [2.45, 2.75) is 32.9 Å². The van der Waals surface area contributed by atoms with E-state index < -0.39 is 0 Å². The maximum atomic E-state index is 12.6. The summed E-state index contributed by atoms with van der Waals surface area (Å²) in [5.74, 6) is 1.84. The SMILES string of the molecule is Cc1cc(Cl)ccc1OCc1nc2c(CNCC3CCNCC3)nccc2c(=O)[nH]1. The average molecular weight is 428 g/mol. The highest BCUT2D eigenvalue weighted by Gasteiger charge is 2.14. The number of aromatic nitrogens is 3. The van der Waals surface area contributed by atoms with Crippen LogP contribution in [0.3, 0.4) is 0 Å². The van der Waals surface area contributed by atoms with Crippen LogP contribution in [-0.2, 0) is 13.2 Å². The lowest BCUT2D eigenvalue weighted by atomic mass is 9.98. The summed E-state index contributed by atoms with van der Waals surface area (Å²) in [4.78, 5) is 24.5. The minimum Gasteiger partial charge on any atom is -0.485 e. The Morgan fingerprint density at radius 2 is 2.10 bits per heavy atom. The van der Waals surface area contributed by atoms with Crippen LogP contribution < -0.4 is 20.9 Å². The Labute approximate surface area is 180 Å². The molecule has 0 amide bonds. The summed E-state index contributed by atoms with van der Waals surface area (Å²) < 4.78 is 5.85. The normalized spacial score (nSPS) is 14.9. The number of hydrogen-bond donors (Lipinski definition) is 3. The van der Waals surface area contributed by atoms with Crippen molar-refractivity contribution < 1.29 is 4.74 Å². The maximum absolute atomic E-state index is 12.6. The topological polar surface area (TPSA) is 91.9 Å². The Hall–Kier alpha value is -2.48. The lowest BCUT2D eigenvalue weighted by molar-refractivity contribution is 0.294. The zero-order valence-electron chi connectivity index (χ0n) is 17.0. The van der Waals surface area contributed by atoms with Gasteiger partial charge in [0.1, 0.15) is 23.7 Å². The molecule has 3 aromatic rings. The predicted octanol–water partition coefficient (Wildman–Crippen LogP) is 2.95. The molecular formula is C22H26ClN5O2. The van der Waals surface area contributed by atoms with Gasteiger partial charge in [-0.05, 0) is 75.1 Å². The molecule has 0 unspecified atom stereocenters. The monoisotopic (exact) mass is 427 g/mol. The van der Waals surface area contributed by atoms with Crippen LogP contribution in [0, 0.1) is 12.8 Å². The first-order valence-electron chi connectivity index (χ1n) is 10.3. The molecule has 2 aromatic heterocycles. The van der Waals surface area contributed by atoms with Crippen molar-refractivity contribution >= 4 is 22.5 Å². The fraction of sp³-hybridized carbons (Fsp3) is 0.409. The Kier molecular flexibility index (Phi) is 6.62. The van der Waals surface area contributed by atoms with Crippen LogP contribution in [0.25, 0.3) is 10.9 Å². The van der Waals surface area contributed by atoms with Gasteiger partial charge in [0.2, 0.25) is 0 Å². The molecule has 8 heteroatoms. The fourth-order valence-corrected chi connectivity index (χ4v) is 3.99. The number of H-pyrrole nitrogens is 1. The molecule has 30 heavy (non-hydrogen) atoms. The van der Waals surface area contributed by atoms with Gasteiger partial charge in [-0.3, -0.25) is 9.78 Å². The van der Waals surface area contributed by atoms with Gasteiger partial charge < -0.3 is 20.4 Å². The molecule has 1 fully saturated rings. The number of nitrogens with one attached hydrogen (secondary N) is 3. The highest BCUT2D eigenvalue weighted by atomic mass is 35.5. The number of hydrogen-bond acceptors (Lipinski definition) is 6. The number of benzene rings is 1. The van der Waals surface area contributed by atoms with Crippen LogP contribution in [0.4, 0.5) is 0 Å². The molecule has 158 valence electrons. The lowest BCUT2D eigenvalue weighted by Gasteiger charge is -2.22. The quantitative estimate of drug-likeness (QED) is 0.537. The molecule has 3 heterocycles. The van der Waals surface area contributed by atoms with E-state index in [2.05, 4.69) is 25.6 Å². The maximum Gasteiger partial charge on any atom is 0.258 e. The molecule has 7 nitrogen and oxygen atoms in total. The average Bonchev–Trinajstić information content (AvgIpc) is 2.74. The second kappa shape index (κ2) is 9.55. The van der Waals surface area contributed by atoms with Crippen LogP contribution >= 0.6 is 11.6 Å². The molecule has 0 radical (unpaired) electrons. The summed E-state index contributed by atoms with van der Waals surface area (Å²) in [5.41, 5.74) is 2.13. The number of piperidine rings is 1. The van der Waals surface area contributed by atoms with E-state index in [0.29, 0.717) is 40.0 Å². The Bertz CT molecular complexity index is 1080. The van der Waals surface area contributed by atoms with Crippen molar-refractivity contribution in [1.82, 2.24) is 25.6 Å². The number of pyridine rings is 1. The zero-order valence-corrected chi connectivity index (χ0v) is 17.8. The van der Waals surface area contributed by atoms with Gasteiger partial charge >= 0.3 is 0 Å². The van der Waals surface area contributed by atoms with E-state index in [9.17, 15) is 4.79 Å². The second-order valence-electron chi connectivity index (χ2n) is 7.69. The third-order valence-corrected chi connectivity index (χ3v) is 5.67. The third-order valence-electron chi connectivity index (χ3n) is 5.43. The van der Waals surface area contributed by atoms with Gasteiger partial charge in [0.15, 0.2) is 0 Å². The summed E-state index contributed by atoms with van der Waals surface area (Å²) in [6, 6.07) is 7.13. The van der Waals surface area contributed by atoms with Crippen LogP contribution in [0.15, 0.2) is 35.3 Å². The van der Waals surface area contributed by atoms with Gasteiger partial charge in [-0.1, -0.05) is 11.6 Å². The van der Waals surface area contributed by atoms with Crippen LogP contribution in [0.1, 0.15) is 29.9 Å². The largest absolute Gasteiger partial charge is 0.485 e. The van der Waals surface area contributed by atoms with Crippen molar-refractivity contribution in [3.05, 3.63) is 62.9 Å². The first kappa shape index (κ1) is 20.8. The molecule has 1 aliphatic heterocycles. The number of halogens is 1. The van der Waals surface area contributed by atoms with Crippen molar-refractivity contribution in [1.29, 1.82) is 0 Å². The van der Waals surface area contributed by atoms with E-state index in [4.69, 9.17) is 16.3 Å². The number of rotatable bonds is 7. The van der Waals surface area contributed by atoms with Crippen LogP contribution in [0.5, 0.6) is 5.75 Å². The molecule has 3 N–H and O–H groups in total. The van der Waals surface area contributed by atoms with Crippen LogP contribution in [0.2, 0.25) is 5.02 Å². The lowest BCUT2D eigenvalue weighted by Crippen LogP contribution is -2.33. The van der Waals surface area contributed by atoms with E-state index in [-0.39, 0.29) is 12.2 Å². The summed E-state index contributed by atoms with van der Waals surface area (Å²) in [5, 5.41) is 8.06. The number of aromatic amines is 1. The first-order chi connectivity index (χ1) is 14.6. The highest BCUT2D eigenvalue weighted by Crippen LogP contribution is 2.22. The molecule has 0 atom stereocenters. The van der Waals surface area contributed by atoms with E-state index in [1.807, 2.05) is 19.1 Å². The van der Waals surface area contributed by atoms with E-state index >= 15 is 0 Å². The molecule has 0 aliphatic carbocycles. The molecule has 0 saturated carbocycles. The van der Waals surface area contributed by atoms with Crippen molar-refractivity contribution in [3.8, 4) is 5.75 Å². The third kappa shape index (κ3) is 4.98. The van der Waals surface area contributed by atoms with Gasteiger partial charge in [-0.2, -0.15) is 0 Å². The first-order valence-corrected chi connectivity index (χ1v) is 10.6. The Balaban J connectivity index is 1.49. The summed E-state index contributed by atoms with van der Waals surface area (Å²) in [7, 11) is 0. The highest BCUT2D eigenvalue weighted by molar-refractivity contribution is 6.30. The fourth-order valence-electron chi connectivity index (χ4n) is 3.77. The molecule has 1 saturated heterocycles. The minimum atomic E-state index is -0.187. The summed E-state index contributed by atoms with van der Waals surface area (Å²) >= 11 is 6.00. The Morgan fingerprint density at radius 1 is 1.27 bits per heavy atom. The number of nitrogens with zero attached hydrogens (tertiary/aromatic N) is 2. The molecule has 1 aliphatic rings. The number of aryl methyl sites for hydroxylation is 1. The summed E-state index contributed by atoms with van der Waals surface area (Å²) in [6.07, 6.45) is 4.02. The summed E-state index contributed by atoms with van der Waals surface area (Å²) in [6.45, 7) is 5.75. The molecule has 0 spiro atoms. The molecule has 4 rings (SSSR count). The zero-order chi connectivity index (χ0) is 20.9. The van der Waals surface area contributed by atoms with Crippen molar-refractivity contribution in [2.75, 3.05) is 19.6 Å². The minimum absolute atomic E-state index is 0.157. The standard InChI is InChI=1S/C22H26ClN5O2/c1-14-10-16(23)2-3-19(14)30-13-20-27-21-17(22(29)28-20)6-9-26-18(21)12-25-11-15-4-7-24-8-5-15/h2-3,6,9-10,15,24-25H,4-5,7-8,11-13H2,1H3,(H,27,28,29). The van der Waals surface area contributed by atoms with Crippen molar-refractivity contribution in [2.24, 2.45) is 5.92 Å². The van der Waals surface area contributed by atoms with E-state index in [1.165, 1.54) is 12.8 Å². The number of fused-ring (bicyclic) bond motifs is 1. The van der Waals surface area contributed by atoms with E-state index in [0.717, 1.165) is 30.9 Å². The smallest absolute Gasteiger partial charge is 0.258 e. The van der Waals surface area contributed by atoms with Gasteiger partial charge in [0, 0.05) is 17.8 Å². The number of ether oxygens (including phenoxy) is 1. The molecule has 1 aromatic carbocycles. The predicted molar refractivity (Wildman–Crippen MR) is 118 cm³/mol. The van der Waals surface area contributed by atoms with Gasteiger partial charge in [-0.15, -0.1) is 0 Å². The van der Waals surface area contributed by atoms with Crippen LogP contribution in [-0.4, -0.2) is 34.6 Å². The molecular weight excluding hydrogens is 402 g/mol. The van der Waals surface area contributed by atoms with Crippen molar-refractivity contribution in [3.63, 3.8) is 0 Å². The van der Waals surface area contributed by atoms with Gasteiger partial charge in [0.25, 0.3) is 5.56 Å². The van der Waals surface area contributed by atoms with Gasteiger partial charge in [0.05, 0.1) is 11.1 Å². The van der Waals surface area contributed by atoms with Gasteiger partial charge in [-0.25, -0.2) is 4.98 Å². The second-order valence-corrected chi connectivity index (χ2v) is 8.13. The van der Waals surface area contributed by atoms with E-state index in [1.54, 1.807) is 18.3 Å². The molecule has 0 bridgehead atoms. The Morgan fingerprint density at radius 3 is 2.90 bits per heavy atom.